The van der Waals surface area contributed by atoms with Gasteiger partial charge in [-0.1, -0.05) is 6.92 Å². The van der Waals surface area contributed by atoms with Crippen molar-refractivity contribution in [2.24, 2.45) is 5.92 Å². The van der Waals surface area contributed by atoms with Gasteiger partial charge in [0.25, 0.3) is 0 Å². The number of halogens is 2. The van der Waals surface area contributed by atoms with Crippen molar-refractivity contribution in [2.45, 2.75) is 63.5 Å². The Kier molecular flexibility index (Phi) is 3.90. The van der Waals surface area contributed by atoms with Crippen molar-refractivity contribution in [1.29, 1.82) is 0 Å². The molecule has 0 aromatic carbocycles. The zero-order valence-electron chi connectivity index (χ0n) is 10.7. The van der Waals surface area contributed by atoms with Gasteiger partial charge in [-0.15, -0.1) is 0 Å². The number of aliphatic hydroxyl groups excluding tert-OH is 1. The van der Waals surface area contributed by atoms with Crippen LogP contribution in [0.25, 0.3) is 0 Å². The van der Waals surface area contributed by atoms with E-state index < -0.39 is 12.0 Å². The van der Waals surface area contributed by atoms with Crippen LogP contribution in [0.2, 0.25) is 0 Å². The van der Waals surface area contributed by atoms with E-state index in [0.29, 0.717) is 13.0 Å². The van der Waals surface area contributed by atoms with Crippen LogP contribution in [0, 0.1) is 5.92 Å². The van der Waals surface area contributed by atoms with E-state index in [-0.39, 0.29) is 43.6 Å². The number of carbonyl (C=O) groups is 1. The summed E-state index contributed by atoms with van der Waals surface area (Å²) in [6.07, 6.45) is 1.15. The number of aliphatic hydroxyl groups is 1. The molecule has 1 N–H and O–H groups in total. The summed E-state index contributed by atoms with van der Waals surface area (Å²) in [5.74, 6) is -2.90. The summed E-state index contributed by atoms with van der Waals surface area (Å²) >= 11 is 0. The first-order chi connectivity index (χ1) is 8.43. The molecule has 2 fully saturated rings. The minimum atomic E-state index is -2.59. The van der Waals surface area contributed by atoms with Crippen LogP contribution in [0.3, 0.4) is 0 Å². The zero-order valence-corrected chi connectivity index (χ0v) is 10.7. The summed E-state index contributed by atoms with van der Waals surface area (Å²) in [6, 6.07) is 0.0786. The Morgan fingerprint density at radius 2 is 2.00 bits per heavy atom. The zero-order chi connectivity index (χ0) is 13.3. The van der Waals surface area contributed by atoms with Crippen molar-refractivity contribution >= 4 is 5.91 Å². The van der Waals surface area contributed by atoms with Crippen LogP contribution in [0.1, 0.15) is 45.4 Å². The molecule has 0 aromatic heterocycles. The Morgan fingerprint density at radius 1 is 1.39 bits per heavy atom. The molecular formula is C13H21F2NO2. The smallest absolute Gasteiger partial charge is 0.248 e. The van der Waals surface area contributed by atoms with Gasteiger partial charge >= 0.3 is 0 Å². The van der Waals surface area contributed by atoms with Crippen molar-refractivity contribution < 1.29 is 18.7 Å². The fourth-order valence-corrected chi connectivity index (χ4v) is 3.07. The molecule has 1 unspecified atom stereocenters. The number of amides is 1. The molecule has 2 atom stereocenters. The van der Waals surface area contributed by atoms with Gasteiger partial charge in [0.15, 0.2) is 0 Å². The van der Waals surface area contributed by atoms with Gasteiger partial charge in [0.1, 0.15) is 0 Å². The minimum Gasteiger partial charge on any atom is -0.391 e. The maximum Gasteiger partial charge on any atom is 0.248 e. The third-order valence-electron chi connectivity index (χ3n) is 4.21. The van der Waals surface area contributed by atoms with Gasteiger partial charge in [0.05, 0.1) is 6.10 Å². The summed E-state index contributed by atoms with van der Waals surface area (Å²) in [5.41, 5.74) is 0. The topological polar surface area (TPSA) is 40.5 Å². The third-order valence-corrected chi connectivity index (χ3v) is 4.21. The molecular weight excluding hydrogens is 240 g/mol. The lowest BCUT2D eigenvalue weighted by molar-refractivity contribution is -0.140. The number of hydrogen-bond donors (Lipinski definition) is 1. The van der Waals surface area contributed by atoms with E-state index in [0.717, 1.165) is 6.42 Å². The quantitative estimate of drug-likeness (QED) is 0.827. The molecule has 0 bridgehead atoms. The lowest BCUT2D eigenvalue weighted by Crippen LogP contribution is -2.42. The predicted molar refractivity (Wildman–Crippen MR) is 63.3 cm³/mol. The maximum atomic E-state index is 13.1. The van der Waals surface area contributed by atoms with E-state index in [1.165, 1.54) is 0 Å². The van der Waals surface area contributed by atoms with Crippen LogP contribution < -0.4 is 0 Å². The van der Waals surface area contributed by atoms with Crippen LogP contribution in [0.5, 0.6) is 0 Å². The third kappa shape index (κ3) is 2.82. The van der Waals surface area contributed by atoms with Crippen LogP contribution >= 0.6 is 0 Å². The second kappa shape index (κ2) is 5.11. The van der Waals surface area contributed by atoms with Crippen molar-refractivity contribution in [1.82, 2.24) is 4.90 Å². The molecule has 1 heterocycles. The normalized spacial score (nSPS) is 32.8. The lowest BCUT2D eigenvalue weighted by atomic mass is 9.85. The number of carbonyl (C=O) groups excluding carboxylic acids is 1. The van der Waals surface area contributed by atoms with Gasteiger partial charge in [0, 0.05) is 31.3 Å². The van der Waals surface area contributed by atoms with Crippen LogP contribution in [-0.2, 0) is 4.79 Å². The van der Waals surface area contributed by atoms with Crippen LogP contribution in [-0.4, -0.2) is 40.5 Å². The minimum absolute atomic E-state index is 0.0334. The van der Waals surface area contributed by atoms with Gasteiger partial charge in [-0.2, -0.15) is 0 Å². The second-order valence-electron chi connectivity index (χ2n) is 5.57. The first-order valence-electron chi connectivity index (χ1n) is 6.79. The van der Waals surface area contributed by atoms with E-state index in [9.17, 15) is 18.7 Å². The van der Waals surface area contributed by atoms with Gasteiger partial charge < -0.3 is 10.0 Å². The van der Waals surface area contributed by atoms with E-state index in [1.54, 1.807) is 4.90 Å². The first-order valence-corrected chi connectivity index (χ1v) is 6.79. The average Bonchev–Trinajstić information content (AvgIpc) is 2.69. The molecule has 2 aliphatic rings. The molecule has 1 saturated heterocycles. The Hall–Kier alpha value is -0.710. The number of nitrogens with zero attached hydrogens (tertiary/aromatic N) is 1. The summed E-state index contributed by atoms with van der Waals surface area (Å²) in [4.78, 5) is 14.0. The second-order valence-corrected chi connectivity index (χ2v) is 5.57. The number of hydrogen-bond acceptors (Lipinski definition) is 2. The molecule has 5 heteroatoms. The molecule has 18 heavy (non-hydrogen) atoms. The van der Waals surface area contributed by atoms with Crippen LogP contribution in [0.4, 0.5) is 8.78 Å². The molecule has 0 spiro atoms. The monoisotopic (exact) mass is 261 g/mol. The SMILES string of the molecule is CCC1C[C@@H](O)CN1C(=O)C1CCC(F)(F)CC1. The average molecular weight is 261 g/mol. The fraction of sp³-hybridized carbons (Fsp3) is 0.923. The van der Waals surface area contributed by atoms with E-state index >= 15 is 0 Å². The number of rotatable bonds is 2. The predicted octanol–water partition coefficient (Wildman–Crippen LogP) is 2.18. The van der Waals surface area contributed by atoms with Gasteiger partial charge in [-0.05, 0) is 25.7 Å². The van der Waals surface area contributed by atoms with Crippen molar-refractivity contribution in [3.05, 3.63) is 0 Å². The largest absolute Gasteiger partial charge is 0.391 e. The molecule has 1 aliphatic carbocycles. The van der Waals surface area contributed by atoms with E-state index in [2.05, 4.69) is 0 Å². The summed E-state index contributed by atoms with van der Waals surface area (Å²) in [5, 5.41) is 9.62. The Bertz CT molecular complexity index is 312. The fourth-order valence-electron chi connectivity index (χ4n) is 3.07. The highest BCUT2D eigenvalue weighted by Gasteiger charge is 2.41. The standard InChI is InChI=1S/C13H21F2NO2/c1-2-10-7-11(17)8-16(10)12(18)9-3-5-13(14,15)6-4-9/h9-11,17H,2-8H2,1H3/t10?,11-/m1/s1. The van der Waals surface area contributed by atoms with Gasteiger partial charge in [-0.3, -0.25) is 4.79 Å². The molecule has 0 radical (unpaired) electrons. The molecule has 1 saturated carbocycles. The van der Waals surface area contributed by atoms with Crippen molar-refractivity contribution in [3.8, 4) is 0 Å². The summed E-state index contributed by atoms with van der Waals surface area (Å²) in [7, 11) is 0. The van der Waals surface area contributed by atoms with Gasteiger partial charge in [0.2, 0.25) is 11.8 Å². The van der Waals surface area contributed by atoms with Crippen LogP contribution in [0.15, 0.2) is 0 Å². The number of likely N-dealkylation sites (tertiary alicyclic amines) is 1. The van der Waals surface area contributed by atoms with E-state index in [4.69, 9.17) is 0 Å². The first kappa shape index (κ1) is 13.7. The maximum absolute atomic E-state index is 13.1. The highest BCUT2D eigenvalue weighted by atomic mass is 19.3. The molecule has 0 aromatic rings. The highest BCUT2D eigenvalue weighted by Crippen LogP contribution is 2.37. The molecule has 3 nitrogen and oxygen atoms in total. The summed E-state index contributed by atoms with van der Waals surface area (Å²) < 4.78 is 26.1. The number of alkyl halides is 2. The molecule has 2 rings (SSSR count). The van der Waals surface area contributed by atoms with Crippen molar-refractivity contribution in [3.63, 3.8) is 0 Å². The molecule has 104 valence electrons. The molecule has 1 amide bonds. The Balaban J connectivity index is 1.95. The Labute approximate surface area is 106 Å². The van der Waals surface area contributed by atoms with E-state index in [1.807, 2.05) is 6.92 Å². The highest BCUT2D eigenvalue weighted by molar-refractivity contribution is 5.79. The van der Waals surface area contributed by atoms with Gasteiger partial charge in [-0.25, -0.2) is 8.78 Å². The lowest BCUT2D eigenvalue weighted by Gasteiger charge is -2.32. The summed E-state index contributed by atoms with van der Waals surface area (Å²) in [6.45, 7) is 2.35. The van der Waals surface area contributed by atoms with Crippen molar-refractivity contribution in [2.75, 3.05) is 6.54 Å². The number of β-amino-alcohol motifs (C(OH)–C–C–N with tert-alkyl or cyclic N) is 1. The molecule has 1 aliphatic heterocycles. The Morgan fingerprint density at radius 3 is 2.56 bits per heavy atom.